The number of morpholine rings is 1. The zero-order valence-corrected chi connectivity index (χ0v) is 12.3. The predicted octanol–water partition coefficient (Wildman–Crippen LogP) is 2.26. The molecule has 0 radical (unpaired) electrons. The van der Waals surface area contributed by atoms with Crippen molar-refractivity contribution in [2.24, 2.45) is 0 Å². The first-order valence-electron chi connectivity index (χ1n) is 7.03. The third-order valence-corrected chi connectivity index (χ3v) is 3.33. The molecule has 0 amide bonds. The molecular weight excluding hydrogens is 212 g/mol. The summed E-state index contributed by atoms with van der Waals surface area (Å²) < 4.78 is 5.71. The van der Waals surface area contributed by atoms with Gasteiger partial charge in [0.1, 0.15) is 0 Å². The minimum atomic E-state index is 0.239. The molecule has 1 aliphatic rings. The molecule has 1 aliphatic heterocycles. The van der Waals surface area contributed by atoms with Crippen LogP contribution in [-0.2, 0) is 4.74 Å². The van der Waals surface area contributed by atoms with E-state index in [1.807, 2.05) is 0 Å². The fraction of sp³-hybridized carbons (Fsp3) is 1.00. The second kappa shape index (κ2) is 6.72. The van der Waals surface area contributed by atoms with Crippen LogP contribution in [0.25, 0.3) is 0 Å². The van der Waals surface area contributed by atoms with Gasteiger partial charge in [-0.1, -0.05) is 6.92 Å². The van der Waals surface area contributed by atoms with Gasteiger partial charge in [-0.2, -0.15) is 0 Å². The highest BCUT2D eigenvalue weighted by Crippen LogP contribution is 2.14. The van der Waals surface area contributed by atoms with Crippen LogP contribution in [0.1, 0.15) is 47.5 Å². The summed E-state index contributed by atoms with van der Waals surface area (Å²) in [6, 6.07) is 0.626. The number of nitrogens with one attached hydrogen (secondary N) is 1. The SMILES string of the molecule is CCC1COC(C)CN1CCCNC(C)(C)C. The van der Waals surface area contributed by atoms with E-state index in [0.717, 1.165) is 19.7 Å². The first-order chi connectivity index (χ1) is 7.92. The van der Waals surface area contributed by atoms with Gasteiger partial charge in [-0.15, -0.1) is 0 Å². The van der Waals surface area contributed by atoms with E-state index >= 15 is 0 Å². The molecular formula is C14H30N2O. The van der Waals surface area contributed by atoms with E-state index in [1.54, 1.807) is 0 Å². The van der Waals surface area contributed by atoms with Gasteiger partial charge in [0, 0.05) is 18.1 Å². The van der Waals surface area contributed by atoms with Gasteiger partial charge in [-0.3, -0.25) is 4.90 Å². The second-order valence-corrected chi connectivity index (χ2v) is 6.23. The number of nitrogens with zero attached hydrogens (tertiary/aromatic N) is 1. The van der Waals surface area contributed by atoms with Crippen molar-refractivity contribution >= 4 is 0 Å². The molecule has 0 bridgehead atoms. The molecule has 0 aliphatic carbocycles. The summed E-state index contributed by atoms with van der Waals surface area (Å²) >= 11 is 0. The van der Waals surface area contributed by atoms with E-state index < -0.39 is 0 Å². The molecule has 17 heavy (non-hydrogen) atoms. The molecule has 102 valence electrons. The third kappa shape index (κ3) is 5.84. The molecule has 1 rings (SSSR count). The van der Waals surface area contributed by atoms with Crippen molar-refractivity contribution < 1.29 is 4.74 Å². The van der Waals surface area contributed by atoms with Crippen molar-refractivity contribution in [2.45, 2.75) is 65.1 Å². The molecule has 3 heteroatoms. The number of ether oxygens (including phenoxy) is 1. The molecule has 1 fully saturated rings. The highest BCUT2D eigenvalue weighted by Gasteiger charge is 2.24. The Hall–Kier alpha value is -0.120. The summed E-state index contributed by atoms with van der Waals surface area (Å²) in [5.74, 6) is 0. The van der Waals surface area contributed by atoms with Crippen molar-refractivity contribution in [1.29, 1.82) is 0 Å². The van der Waals surface area contributed by atoms with Crippen molar-refractivity contribution in [3.63, 3.8) is 0 Å². The van der Waals surface area contributed by atoms with Crippen LogP contribution < -0.4 is 5.32 Å². The zero-order chi connectivity index (χ0) is 12.9. The molecule has 1 saturated heterocycles. The molecule has 2 unspecified atom stereocenters. The van der Waals surface area contributed by atoms with Crippen molar-refractivity contribution in [3.8, 4) is 0 Å². The van der Waals surface area contributed by atoms with Gasteiger partial charge < -0.3 is 10.1 Å². The number of hydrogen-bond acceptors (Lipinski definition) is 3. The van der Waals surface area contributed by atoms with Crippen LogP contribution in [0.2, 0.25) is 0 Å². The van der Waals surface area contributed by atoms with E-state index in [4.69, 9.17) is 4.74 Å². The zero-order valence-electron chi connectivity index (χ0n) is 12.3. The van der Waals surface area contributed by atoms with Crippen LogP contribution in [0.15, 0.2) is 0 Å². The first-order valence-corrected chi connectivity index (χ1v) is 7.03. The van der Waals surface area contributed by atoms with Crippen LogP contribution in [0.5, 0.6) is 0 Å². The lowest BCUT2D eigenvalue weighted by atomic mass is 10.1. The maximum atomic E-state index is 5.71. The molecule has 0 aromatic heterocycles. The lowest BCUT2D eigenvalue weighted by Gasteiger charge is -2.38. The first kappa shape index (κ1) is 14.9. The van der Waals surface area contributed by atoms with E-state index in [9.17, 15) is 0 Å². The van der Waals surface area contributed by atoms with Crippen LogP contribution >= 0.6 is 0 Å². The van der Waals surface area contributed by atoms with Crippen LogP contribution in [-0.4, -0.2) is 48.8 Å². The lowest BCUT2D eigenvalue weighted by molar-refractivity contribution is -0.0559. The monoisotopic (exact) mass is 242 g/mol. The molecule has 0 aromatic rings. The van der Waals surface area contributed by atoms with Crippen LogP contribution in [0, 0.1) is 0 Å². The Balaban J connectivity index is 2.23. The summed E-state index contributed by atoms with van der Waals surface area (Å²) in [5, 5.41) is 3.55. The maximum absolute atomic E-state index is 5.71. The fourth-order valence-corrected chi connectivity index (χ4v) is 2.31. The summed E-state index contributed by atoms with van der Waals surface area (Å²) in [6.45, 7) is 15.4. The molecule has 1 heterocycles. The summed E-state index contributed by atoms with van der Waals surface area (Å²) in [5.41, 5.74) is 0.239. The Morgan fingerprint density at radius 2 is 2.06 bits per heavy atom. The minimum Gasteiger partial charge on any atom is -0.376 e. The highest BCUT2D eigenvalue weighted by molar-refractivity contribution is 4.78. The number of hydrogen-bond donors (Lipinski definition) is 1. The number of rotatable bonds is 5. The normalized spacial score (nSPS) is 27.4. The van der Waals surface area contributed by atoms with Gasteiger partial charge in [0.2, 0.25) is 0 Å². The third-order valence-electron chi connectivity index (χ3n) is 3.33. The summed E-state index contributed by atoms with van der Waals surface area (Å²) in [6.07, 6.45) is 2.81. The molecule has 2 atom stereocenters. The Kier molecular flexibility index (Phi) is 5.90. The Morgan fingerprint density at radius 1 is 1.35 bits per heavy atom. The van der Waals surface area contributed by atoms with E-state index in [0.29, 0.717) is 12.1 Å². The smallest absolute Gasteiger partial charge is 0.0674 e. The Labute approximate surface area is 107 Å². The van der Waals surface area contributed by atoms with Crippen LogP contribution in [0.3, 0.4) is 0 Å². The van der Waals surface area contributed by atoms with Crippen molar-refractivity contribution in [3.05, 3.63) is 0 Å². The minimum absolute atomic E-state index is 0.239. The van der Waals surface area contributed by atoms with E-state index in [2.05, 4.69) is 44.8 Å². The Morgan fingerprint density at radius 3 is 2.65 bits per heavy atom. The van der Waals surface area contributed by atoms with E-state index in [1.165, 1.54) is 19.4 Å². The van der Waals surface area contributed by atoms with Crippen molar-refractivity contribution in [2.75, 3.05) is 26.2 Å². The molecule has 1 N–H and O–H groups in total. The molecule has 3 nitrogen and oxygen atoms in total. The fourth-order valence-electron chi connectivity index (χ4n) is 2.31. The molecule has 0 aromatic carbocycles. The van der Waals surface area contributed by atoms with Crippen molar-refractivity contribution in [1.82, 2.24) is 10.2 Å². The average molecular weight is 242 g/mol. The topological polar surface area (TPSA) is 24.5 Å². The van der Waals surface area contributed by atoms with Gasteiger partial charge >= 0.3 is 0 Å². The highest BCUT2D eigenvalue weighted by atomic mass is 16.5. The van der Waals surface area contributed by atoms with Gasteiger partial charge in [0.25, 0.3) is 0 Å². The lowest BCUT2D eigenvalue weighted by Crippen LogP contribution is -2.49. The van der Waals surface area contributed by atoms with Gasteiger partial charge in [0.05, 0.1) is 12.7 Å². The largest absolute Gasteiger partial charge is 0.376 e. The van der Waals surface area contributed by atoms with Crippen LogP contribution in [0.4, 0.5) is 0 Å². The second-order valence-electron chi connectivity index (χ2n) is 6.23. The predicted molar refractivity (Wildman–Crippen MR) is 73.4 cm³/mol. The Bertz CT molecular complexity index is 213. The molecule has 0 spiro atoms. The maximum Gasteiger partial charge on any atom is 0.0674 e. The van der Waals surface area contributed by atoms with E-state index in [-0.39, 0.29) is 5.54 Å². The van der Waals surface area contributed by atoms with Gasteiger partial charge in [0.15, 0.2) is 0 Å². The molecule has 0 saturated carbocycles. The average Bonchev–Trinajstić information content (AvgIpc) is 2.23. The standard InChI is InChI=1S/C14H30N2O/c1-6-13-11-17-12(2)10-16(13)9-7-8-15-14(3,4)5/h12-13,15H,6-11H2,1-5H3. The quantitative estimate of drug-likeness (QED) is 0.749. The van der Waals surface area contributed by atoms with Gasteiger partial charge in [-0.05, 0) is 53.6 Å². The summed E-state index contributed by atoms with van der Waals surface area (Å²) in [4.78, 5) is 2.60. The summed E-state index contributed by atoms with van der Waals surface area (Å²) in [7, 11) is 0. The van der Waals surface area contributed by atoms with Gasteiger partial charge in [-0.25, -0.2) is 0 Å².